The quantitative estimate of drug-likeness (QED) is 0.701. The van der Waals surface area contributed by atoms with Crippen LogP contribution in [0.4, 0.5) is 15.8 Å². The van der Waals surface area contributed by atoms with E-state index in [1.165, 1.54) is 12.1 Å². The summed E-state index contributed by atoms with van der Waals surface area (Å²) in [4.78, 5) is 12.4. The lowest BCUT2D eigenvalue weighted by atomic mass is 10.0. The van der Waals surface area contributed by atoms with E-state index < -0.39 is 5.82 Å². The van der Waals surface area contributed by atoms with Crippen LogP contribution in [-0.2, 0) is 0 Å². The highest BCUT2D eigenvalue weighted by atomic mass is 19.1. The monoisotopic (exact) mass is 280 g/mol. The molecule has 0 spiro atoms. The first-order valence-corrected chi connectivity index (χ1v) is 6.50. The van der Waals surface area contributed by atoms with Crippen LogP contribution in [0.1, 0.15) is 10.4 Å². The predicted octanol–water partition coefficient (Wildman–Crippen LogP) is 3.81. The number of nitrogen functional groups attached to an aromatic ring is 1. The number of amides is 1. The second-order valence-corrected chi connectivity index (χ2v) is 4.68. The first-order chi connectivity index (χ1) is 10.2. The number of carbonyl (C=O) groups is 1. The van der Waals surface area contributed by atoms with Crippen LogP contribution in [0.15, 0.2) is 60.7 Å². The molecule has 3 nitrogen and oxygen atoms in total. The molecule has 0 aliphatic heterocycles. The minimum Gasteiger partial charge on any atom is -0.397 e. The van der Waals surface area contributed by atoms with Gasteiger partial charge in [0.2, 0.25) is 0 Å². The van der Waals surface area contributed by atoms with Crippen molar-refractivity contribution in [2.24, 2.45) is 0 Å². The van der Waals surface area contributed by atoms with Crippen LogP contribution >= 0.6 is 0 Å². The number of benzene rings is 3. The highest BCUT2D eigenvalue weighted by Crippen LogP contribution is 2.24. The number of halogens is 1. The van der Waals surface area contributed by atoms with Crippen LogP contribution in [0, 0.1) is 5.82 Å². The van der Waals surface area contributed by atoms with Crippen molar-refractivity contribution in [3.63, 3.8) is 0 Å². The Morgan fingerprint density at radius 2 is 1.67 bits per heavy atom. The van der Waals surface area contributed by atoms with Gasteiger partial charge in [0.15, 0.2) is 0 Å². The summed E-state index contributed by atoms with van der Waals surface area (Å²) in [7, 11) is 0. The Labute approximate surface area is 121 Å². The maximum atomic E-state index is 13.7. The van der Waals surface area contributed by atoms with Gasteiger partial charge in [0.25, 0.3) is 5.91 Å². The van der Waals surface area contributed by atoms with Crippen molar-refractivity contribution in [3.05, 3.63) is 72.0 Å². The van der Waals surface area contributed by atoms with Crippen molar-refractivity contribution in [2.75, 3.05) is 11.1 Å². The maximum Gasteiger partial charge on any atom is 0.256 e. The smallest absolute Gasteiger partial charge is 0.256 e. The number of nitrogens with two attached hydrogens (primary N) is 1. The number of fused-ring (bicyclic) bond motifs is 1. The van der Waals surface area contributed by atoms with Gasteiger partial charge < -0.3 is 11.1 Å². The molecule has 0 aromatic heterocycles. The summed E-state index contributed by atoms with van der Waals surface area (Å²) >= 11 is 0. The van der Waals surface area contributed by atoms with E-state index in [9.17, 15) is 9.18 Å². The molecule has 1 amide bonds. The SMILES string of the molecule is Nc1cccc(F)c1NC(=O)c1cccc2ccccc12. The van der Waals surface area contributed by atoms with Crippen LogP contribution in [-0.4, -0.2) is 5.91 Å². The summed E-state index contributed by atoms with van der Waals surface area (Å²) in [6.07, 6.45) is 0. The predicted molar refractivity (Wildman–Crippen MR) is 82.7 cm³/mol. The Kier molecular flexibility index (Phi) is 3.28. The highest BCUT2D eigenvalue weighted by molar-refractivity contribution is 6.13. The van der Waals surface area contributed by atoms with Crippen molar-refractivity contribution in [1.82, 2.24) is 0 Å². The Bertz CT molecular complexity index is 804. The fourth-order valence-electron chi connectivity index (χ4n) is 2.28. The van der Waals surface area contributed by atoms with Gasteiger partial charge in [-0.05, 0) is 29.0 Å². The van der Waals surface area contributed by atoms with E-state index in [0.717, 1.165) is 10.8 Å². The number of hydrogen-bond donors (Lipinski definition) is 2. The van der Waals surface area contributed by atoms with Gasteiger partial charge in [-0.25, -0.2) is 4.39 Å². The molecule has 0 fully saturated rings. The molecular weight excluding hydrogens is 267 g/mol. The Hall–Kier alpha value is -2.88. The number of rotatable bonds is 2. The Balaban J connectivity index is 2.02. The van der Waals surface area contributed by atoms with E-state index in [0.29, 0.717) is 5.56 Å². The van der Waals surface area contributed by atoms with Crippen molar-refractivity contribution in [3.8, 4) is 0 Å². The fourth-order valence-corrected chi connectivity index (χ4v) is 2.28. The molecule has 0 atom stereocenters. The molecule has 0 bridgehead atoms. The standard InChI is InChI=1S/C17H13FN2O/c18-14-9-4-10-15(19)16(14)20-17(21)13-8-3-6-11-5-1-2-7-12(11)13/h1-10H,19H2,(H,20,21). The van der Waals surface area contributed by atoms with Gasteiger partial charge in [0.1, 0.15) is 11.5 Å². The second-order valence-electron chi connectivity index (χ2n) is 4.68. The van der Waals surface area contributed by atoms with E-state index in [1.807, 2.05) is 30.3 Å². The van der Waals surface area contributed by atoms with Gasteiger partial charge in [-0.15, -0.1) is 0 Å². The zero-order valence-corrected chi connectivity index (χ0v) is 11.1. The molecule has 0 aliphatic carbocycles. The average Bonchev–Trinajstić information content (AvgIpc) is 2.50. The number of carbonyl (C=O) groups excluding carboxylic acids is 1. The second kappa shape index (κ2) is 5.25. The lowest BCUT2D eigenvalue weighted by Crippen LogP contribution is -2.14. The molecule has 3 aromatic carbocycles. The lowest BCUT2D eigenvalue weighted by Gasteiger charge is -2.10. The number of anilines is 2. The molecule has 104 valence electrons. The van der Waals surface area contributed by atoms with Gasteiger partial charge in [0.05, 0.1) is 5.69 Å². The highest BCUT2D eigenvalue weighted by Gasteiger charge is 2.13. The Morgan fingerprint density at radius 1 is 0.952 bits per heavy atom. The zero-order valence-electron chi connectivity index (χ0n) is 11.1. The lowest BCUT2D eigenvalue weighted by molar-refractivity contribution is 0.102. The molecule has 0 aliphatic rings. The van der Waals surface area contributed by atoms with Crippen LogP contribution < -0.4 is 11.1 Å². The van der Waals surface area contributed by atoms with Gasteiger partial charge in [-0.3, -0.25) is 4.79 Å². The first-order valence-electron chi connectivity index (χ1n) is 6.50. The summed E-state index contributed by atoms with van der Waals surface area (Å²) < 4.78 is 13.7. The van der Waals surface area contributed by atoms with E-state index >= 15 is 0 Å². The van der Waals surface area contributed by atoms with Crippen LogP contribution in [0.3, 0.4) is 0 Å². The van der Waals surface area contributed by atoms with Crippen molar-refractivity contribution < 1.29 is 9.18 Å². The number of nitrogens with one attached hydrogen (secondary N) is 1. The molecule has 21 heavy (non-hydrogen) atoms. The third-order valence-electron chi connectivity index (χ3n) is 3.32. The minimum absolute atomic E-state index is 0.00966. The van der Waals surface area contributed by atoms with Gasteiger partial charge in [-0.2, -0.15) is 0 Å². The normalized spacial score (nSPS) is 10.5. The molecule has 0 radical (unpaired) electrons. The molecule has 3 N–H and O–H groups in total. The molecule has 3 rings (SSSR count). The summed E-state index contributed by atoms with van der Waals surface area (Å²) in [5.41, 5.74) is 6.40. The molecule has 0 unspecified atom stereocenters. The van der Waals surface area contributed by atoms with E-state index in [2.05, 4.69) is 5.32 Å². The molecule has 0 saturated carbocycles. The minimum atomic E-state index is -0.552. The van der Waals surface area contributed by atoms with E-state index in [4.69, 9.17) is 5.73 Å². The summed E-state index contributed by atoms with van der Waals surface area (Å²) in [6.45, 7) is 0. The van der Waals surface area contributed by atoms with Crippen LogP contribution in [0.5, 0.6) is 0 Å². The van der Waals surface area contributed by atoms with Crippen LogP contribution in [0.25, 0.3) is 10.8 Å². The summed E-state index contributed by atoms with van der Waals surface area (Å²) in [5.74, 6) is -0.938. The van der Waals surface area contributed by atoms with Crippen molar-refractivity contribution >= 4 is 28.1 Å². The molecular formula is C17H13FN2O. The molecule has 0 heterocycles. The molecule has 4 heteroatoms. The molecule has 3 aromatic rings. The average molecular weight is 280 g/mol. The first kappa shape index (κ1) is 13.1. The van der Waals surface area contributed by atoms with Crippen molar-refractivity contribution in [2.45, 2.75) is 0 Å². The van der Waals surface area contributed by atoms with E-state index in [-0.39, 0.29) is 17.3 Å². The van der Waals surface area contributed by atoms with Crippen molar-refractivity contribution in [1.29, 1.82) is 0 Å². The van der Waals surface area contributed by atoms with Crippen LogP contribution in [0.2, 0.25) is 0 Å². The summed E-state index contributed by atoms with van der Waals surface area (Å²) in [5, 5.41) is 4.31. The third kappa shape index (κ3) is 2.43. The van der Waals surface area contributed by atoms with Gasteiger partial charge >= 0.3 is 0 Å². The number of para-hydroxylation sites is 1. The number of hydrogen-bond acceptors (Lipinski definition) is 2. The maximum absolute atomic E-state index is 13.7. The largest absolute Gasteiger partial charge is 0.397 e. The third-order valence-corrected chi connectivity index (χ3v) is 3.32. The van der Waals surface area contributed by atoms with Gasteiger partial charge in [-0.1, -0.05) is 42.5 Å². The van der Waals surface area contributed by atoms with Gasteiger partial charge in [0, 0.05) is 5.56 Å². The Morgan fingerprint density at radius 3 is 2.48 bits per heavy atom. The zero-order chi connectivity index (χ0) is 14.8. The van der Waals surface area contributed by atoms with E-state index in [1.54, 1.807) is 18.2 Å². The molecule has 0 saturated heterocycles. The fraction of sp³-hybridized carbons (Fsp3) is 0. The summed E-state index contributed by atoms with van der Waals surface area (Å²) in [6, 6.07) is 17.3. The topological polar surface area (TPSA) is 55.1 Å².